The van der Waals surface area contributed by atoms with Crippen LogP contribution in [0.25, 0.3) is 0 Å². The van der Waals surface area contributed by atoms with Gasteiger partial charge in [0.1, 0.15) is 0 Å². The lowest BCUT2D eigenvalue weighted by Crippen LogP contribution is -2.30. The van der Waals surface area contributed by atoms with E-state index in [4.69, 9.17) is 0 Å². The molecule has 1 aromatic rings. The van der Waals surface area contributed by atoms with Crippen molar-refractivity contribution in [3.05, 3.63) is 29.8 Å². The summed E-state index contributed by atoms with van der Waals surface area (Å²) in [4.78, 5) is 0.335. The normalized spacial score (nSPS) is 19.1. The first-order valence-electron chi connectivity index (χ1n) is 6.59. The summed E-state index contributed by atoms with van der Waals surface area (Å²) in [6.07, 6.45) is 3.19. The largest absolute Gasteiger partial charge is 0.392 e. The molecule has 2 atom stereocenters. The SMILES string of the molecule is CC(NCC(O)C1CC1)c1ccc(S(C)(=O)=O)cc1. The van der Waals surface area contributed by atoms with Crippen LogP contribution in [0.2, 0.25) is 0 Å². The van der Waals surface area contributed by atoms with E-state index >= 15 is 0 Å². The number of benzene rings is 1. The summed E-state index contributed by atoms with van der Waals surface area (Å²) in [5.41, 5.74) is 1.02. The highest BCUT2D eigenvalue weighted by molar-refractivity contribution is 7.90. The number of rotatable bonds is 6. The molecule has 5 heteroatoms. The lowest BCUT2D eigenvalue weighted by molar-refractivity contribution is 0.145. The summed E-state index contributed by atoms with van der Waals surface area (Å²) in [5, 5.41) is 13.1. The molecule has 4 nitrogen and oxygen atoms in total. The minimum atomic E-state index is -3.13. The Labute approximate surface area is 114 Å². The molecule has 2 rings (SSSR count). The number of hydrogen-bond acceptors (Lipinski definition) is 4. The Hall–Kier alpha value is -0.910. The third kappa shape index (κ3) is 4.03. The van der Waals surface area contributed by atoms with Crippen molar-refractivity contribution in [2.24, 2.45) is 5.92 Å². The first-order chi connectivity index (χ1) is 8.88. The van der Waals surface area contributed by atoms with Crippen LogP contribution in [-0.4, -0.2) is 32.4 Å². The first kappa shape index (κ1) is 14.5. The average Bonchev–Trinajstić information content (AvgIpc) is 3.19. The molecule has 0 heterocycles. The number of sulfone groups is 1. The molecule has 1 aromatic carbocycles. The summed E-state index contributed by atoms with van der Waals surface area (Å²) in [6, 6.07) is 6.98. The van der Waals surface area contributed by atoms with Gasteiger partial charge in [-0.1, -0.05) is 12.1 Å². The van der Waals surface area contributed by atoms with Crippen molar-refractivity contribution >= 4 is 9.84 Å². The standard InChI is InChI=1S/C14H21NO3S/c1-10(15-9-14(16)12-3-4-12)11-5-7-13(8-6-11)19(2,17)18/h5-8,10,12,14-16H,3-4,9H2,1-2H3. The minimum Gasteiger partial charge on any atom is -0.392 e. The number of aliphatic hydroxyl groups excluding tert-OH is 1. The topological polar surface area (TPSA) is 66.4 Å². The van der Waals surface area contributed by atoms with Crippen LogP contribution in [0.15, 0.2) is 29.2 Å². The van der Waals surface area contributed by atoms with Crippen LogP contribution < -0.4 is 5.32 Å². The van der Waals surface area contributed by atoms with Gasteiger partial charge in [0.2, 0.25) is 0 Å². The smallest absolute Gasteiger partial charge is 0.175 e. The van der Waals surface area contributed by atoms with Crippen molar-refractivity contribution in [3.8, 4) is 0 Å². The van der Waals surface area contributed by atoms with Crippen LogP contribution >= 0.6 is 0 Å². The van der Waals surface area contributed by atoms with Crippen LogP contribution in [-0.2, 0) is 9.84 Å². The van der Waals surface area contributed by atoms with Gasteiger partial charge < -0.3 is 10.4 Å². The lowest BCUT2D eigenvalue weighted by Gasteiger charge is -2.17. The molecule has 0 aliphatic heterocycles. The molecular weight excluding hydrogens is 262 g/mol. The zero-order chi connectivity index (χ0) is 14.0. The van der Waals surface area contributed by atoms with Crippen LogP contribution in [0.1, 0.15) is 31.4 Å². The van der Waals surface area contributed by atoms with Crippen molar-refractivity contribution < 1.29 is 13.5 Å². The molecule has 1 fully saturated rings. The molecule has 1 saturated carbocycles. The molecular formula is C14H21NO3S. The van der Waals surface area contributed by atoms with E-state index in [1.165, 1.54) is 6.26 Å². The van der Waals surface area contributed by atoms with Gasteiger partial charge in [-0.3, -0.25) is 0 Å². The summed E-state index contributed by atoms with van der Waals surface area (Å²) >= 11 is 0. The summed E-state index contributed by atoms with van der Waals surface area (Å²) in [5.74, 6) is 0.465. The molecule has 19 heavy (non-hydrogen) atoms. The number of hydrogen-bond donors (Lipinski definition) is 2. The van der Waals surface area contributed by atoms with Crippen LogP contribution in [0.5, 0.6) is 0 Å². The number of nitrogens with one attached hydrogen (secondary N) is 1. The average molecular weight is 283 g/mol. The highest BCUT2D eigenvalue weighted by Gasteiger charge is 2.29. The van der Waals surface area contributed by atoms with Crippen molar-refractivity contribution in [3.63, 3.8) is 0 Å². The fourth-order valence-electron chi connectivity index (χ4n) is 2.07. The highest BCUT2D eigenvalue weighted by Crippen LogP contribution is 2.32. The maximum Gasteiger partial charge on any atom is 0.175 e. The fourth-order valence-corrected chi connectivity index (χ4v) is 2.70. The first-order valence-corrected chi connectivity index (χ1v) is 8.48. The van der Waals surface area contributed by atoms with E-state index in [-0.39, 0.29) is 12.1 Å². The van der Waals surface area contributed by atoms with Gasteiger partial charge in [0.05, 0.1) is 11.0 Å². The zero-order valence-electron chi connectivity index (χ0n) is 11.3. The molecule has 0 bridgehead atoms. The summed E-state index contributed by atoms with van der Waals surface area (Å²) in [6.45, 7) is 2.59. The molecule has 1 aliphatic carbocycles. The van der Waals surface area contributed by atoms with Gasteiger partial charge >= 0.3 is 0 Å². The second kappa shape index (κ2) is 5.61. The monoisotopic (exact) mass is 283 g/mol. The Kier molecular flexibility index (Phi) is 4.28. The van der Waals surface area contributed by atoms with Crippen molar-refractivity contribution in [1.29, 1.82) is 0 Å². The highest BCUT2D eigenvalue weighted by atomic mass is 32.2. The van der Waals surface area contributed by atoms with Crippen LogP contribution in [0.3, 0.4) is 0 Å². The van der Waals surface area contributed by atoms with Gasteiger partial charge in [-0.2, -0.15) is 0 Å². The van der Waals surface area contributed by atoms with E-state index in [2.05, 4.69) is 5.32 Å². The molecule has 0 aromatic heterocycles. The van der Waals surface area contributed by atoms with Gasteiger partial charge in [-0.25, -0.2) is 8.42 Å². The molecule has 2 unspecified atom stereocenters. The molecule has 1 aliphatic rings. The quantitative estimate of drug-likeness (QED) is 0.830. The van der Waals surface area contributed by atoms with E-state index in [1.54, 1.807) is 12.1 Å². The maximum absolute atomic E-state index is 11.4. The Morgan fingerprint density at radius 2 is 1.89 bits per heavy atom. The van der Waals surface area contributed by atoms with Gasteiger partial charge in [0.25, 0.3) is 0 Å². The summed E-state index contributed by atoms with van der Waals surface area (Å²) in [7, 11) is -3.13. The Morgan fingerprint density at radius 1 is 1.32 bits per heavy atom. The number of aliphatic hydroxyl groups is 1. The third-order valence-corrected chi connectivity index (χ3v) is 4.74. The predicted octanol–water partition coefficient (Wildman–Crippen LogP) is 1.51. The second-order valence-corrected chi connectivity index (χ2v) is 7.39. The van der Waals surface area contributed by atoms with Crippen LogP contribution in [0, 0.1) is 5.92 Å². The molecule has 0 amide bonds. The van der Waals surface area contributed by atoms with E-state index in [0.29, 0.717) is 17.4 Å². The van der Waals surface area contributed by atoms with Gasteiger partial charge in [-0.05, 0) is 43.4 Å². The molecule has 2 N–H and O–H groups in total. The molecule has 0 saturated heterocycles. The molecule has 0 spiro atoms. The lowest BCUT2D eigenvalue weighted by atomic mass is 10.1. The Bertz CT molecular complexity index is 520. The van der Waals surface area contributed by atoms with E-state index in [1.807, 2.05) is 19.1 Å². The zero-order valence-corrected chi connectivity index (χ0v) is 12.2. The van der Waals surface area contributed by atoms with E-state index < -0.39 is 9.84 Å². The van der Waals surface area contributed by atoms with E-state index in [9.17, 15) is 13.5 Å². The summed E-state index contributed by atoms with van der Waals surface area (Å²) < 4.78 is 22.7. The van der Waals surface area contributed by atoms with Gasteiger partial charge in [-0.15, -0.1) is 0 Å². The van der Waals surface area contributed by atoms with Crippen LogP contribution in [0.4, 0.5) is 0 Å². The second-order valence-electron chi connectivity index (χ2n) is 5.38. The Morgan fingerprint density at radius 3 is 2.37 bits per heavy atom. The molecule has 0 radical (unpaired) electrons. The van der Waals surface area contributed by atoms with Crippen molar-refractivity contribution in [2.45, 2.75) is 36.8 Å². The minimum absolute atomic E-state index is 0.0991. The van der Waals surface area contributed by atoms with E-state index in [0.717, 1.165) is 18.4 Å². The van der Waals surface area contributed by atoms with Crippen molar-refractivity contribution in [2.75, 3.05) is 12.8 Å². The van der Waals surface area contributed by atoms with Crippen molar-refractivity contribution in [1.82, 2.24) is 5.32 Å². The predicted molar refractivity (Wildman–Crippen MR) is 74.7 cm³/mol. The molecule has 106 valence electrons. The van der Waals surface area contributed by atoms with Gasteiger partial charge in [0.15, 0.2) is 9.84 Å². The Balaban J connectivity index is 1.93. The fraction of sp³-hybridized carbons (Fsp3) is 0.571. The van der Waals surface area contributed by atoms with Gasteiger partial charge in [0, 0.05) is 18.8 Å². The maximum atomic E-state index is 11.4. The third-order valence-electron chi connectivity index (χ3n) is 3.61.